The summed E-state index contributed by atoms with van der Waals surface area (Å²) in [5, 5.41) is 14.3. The Balaban J connectivity index is 1.85. The molecule has 1 aromatic carbocycles. The number of nitrogens with zero attached hydrogens (tertiary/aromatic N) is 1. The molecule has 120 valence electrons. The van der Waals surface area contributed by atoms with E-state index in [9.17, 15) is 5.11 Å². The van der Waals surface area contributed by atoms with Gasteiger partial charge in [-0.1, -0.05) is 54.1 Å². The van der Waals surface area contributed by atoms with Crippen molar-refractivity contribution < 1.29 is 5.11 Å². The van der Waals surface area contributed by atoms with Crippen LogP contribution in [-0.4, -0.2) is 16.7 Å². The fraction of sp³-hybridized carbons (Fsp3) is 0.316. The van der Waals surface area contributed by atoms with Crippen LogP contribution in [0.1, 0.15) is 30.1 Å². The van der Waals surface area contributed by atoms with Crippen LogP contribution in [0.4, 0.5) is 0 Å². The second-order valence-corrected chi connectivity index (χ2v) is 6.46. The Morgan fingerprint density at radius 3 is 2.52 bits per heavy atom. The molecule has 0 amide bonds. The third-order valence-electron chi connectivity index (χ3n) is 4.58. The highest BCUT2D eigenvalue weighted by molar-refractivity contribution is 6.31. The van der Waals surface area contributed by atoms with Crippen LogP contribution in [0.5, 0.6) is 0 Å². The van der Waals surface area contributed by atoms with E-state index in [4.69, 9.17) is 11.6 Å². The van der Waals surface area contributed by atoms with Crippen LogP contribution in [-0.2, 0) is 6.54 Å². The van der Waals surface area contributed by atoms with E-state index in [1.807, 2.05) is 30.3 Å². The first kappa shape index (κ1) is 16.2. The number of aliphatic hydroxyl groups is 1. The lowest BCUT2D eigenvalue weighted by Gasteiger charge is -2.37. The van der Waals surface area contributed by atoms with Crippen molar-refractivity contribution in [2.24, 2.45) is 5.41 Å². The molecule has 1 heterocycles. The Kier molecular flexibility index (Phi) is 5.11. The number of aromatic nitrogens is 1. The van der Waals surface area contributed by atoms with E-state index >= 15 is 0 Å². The Morgan fingerprint density at radius 2 is 1.87 bits per heavy atom. The molecule has 23 heavy (non-hydrogen) atoms. The molecule has 0 bridgehead atoms. The molecule has 0 radical (unpaired) electrons. The van der Waals surface area contributed by atoms with Crippen LogP contribution in [0.3, 0.4) is 0 Å². The Bertz CT molecular complexity index is 664. The molecule has 1 aromatic heterocycles. The summed E-state index contributed by atoms with van der Waals surface area (Å²) in [4.78, 5) is 4.35. The molecule has 1 aliphatic rings. The van der Waals surface area contributed by atoms with Gasteiger partial charge in [-0.15, -0.1) is 0 Å². The number of hydrogen-bond acceptors (Lipinski definition) is 3. The summed E-state index contributed by atoms with van der Waals surface area (Å²) in [7, 11) is 0. The highest BCUT2D eigenvalue weighted by Crippen LogP contribution is 2.44. The number of hydrogen-bond donors (Lipinski definition) is 2. The third-order valence-corrected chi connectivity index (χ3v) is 4.93. The Labute approximate surface area is 142 Å². The van der Waals surface area contributed by atoms with E-state index in [1.54, 1.807) is 6.20 Å². The Morgan fingerprint density at radius 1 is 1.13 bits per heavy atom. The summed E-state index contributed by atoms with van der Waals surface area (Å²) in [6, 6.07) is 14.0. The van der Waals surface area contributed by atoms with E-state index in [0.29, 0.717) is 11.6 Å². The smallest absolute Gasteiger partial charge is 0.0727 e. The van der Waals surface area contributed by atoms with Gasteiger partial charge < -0.3 is 10.4 Å². The minimum absolute atomic E-state index is 0.0433. The summed E-state index contributed by atoms with van der Waals surface area (Å²) in [6.45, 7) is 0.712. The molecule has 0 saturated heterocycles. The molecule has 0 spiro atoms. The van der Waals surface area contributed by atoms with Crippen LogP contribution in [0.15, 0.2) is 60.8 Å². The molecule has 2 aromatic rings. The minimum atomic E-state index is -0.206. The van der Waals surface area contributed by atoms with E-state index in [-0.39, 0.29) is 18.1 Å². The van der Waals surface area contributed by atoms with Gasteiger partial charge in [0.05, 0.1) is 17.3 Å². The molecular formula is C19H21ClN2O. The van der Waals surface area contributed by atoms with Gasteiger partial charge in [-0.2, -0.15) is 0 Å². The lowest BCUT2D eigenvalue weighted by molar-refractivity contribution is 0.0906. The predicted molar refractivity (Wildman–Crippen MR) is 93.2 cm³/mol. The van der Waals surface area contributed by atoms with Gasteiger partial charge in [0.2, 0.25) is 0 Å². The van der Waals surface area contributed by atoms with Crippen LogP contribution in [0.2, 0.25) is 5.02 Å². The SMILES string of the molecule is OCC1(C(NCc2ncccc2Cl)c2ccccc2)CC=CC1. The van der Waals surface area contributed by atoms with Crippen LogP contribution >= 0.6 is 11.6 Å². The van der Waals surface area contributed by atoms with Gasteiger partial charge in [-0.25, -0.2) is 0 Å². The van der Waals surface area contributed by atoms with Crippen molar-refractivity contribution in [3.05, 3.63) is 77.1 Å². The van der Waals surface area contributed by atoms with Gasteiger partial charge in [-0.05, 0) is 30.5 Å². The van der Waals surface area contributed by atoms with E-state index in [0.717, 1.165) is 18.5 Å². The van der Waals surface area contributed by atoms with Gasteiger partial charge >= 0.3 is 0 Å². The summed E-state index contributed by atoms with van der Waals surface area (Å²) in [6.07, 6.45) is 7.79. The average molecular weight is 329 g/mol. The number of rotatable bonds is 6. The number of halogens is 1. The zero-order valence-electron chi connectivity index (χ0n) is 13.0. The standard InChI is InChI=1S/C19H21ClN2O/c20-16-9-6-12-21-17(16)13-22-18(15-7-2-1-3-8-15)19(14-23)10-4-5-11-19/h1-9,12,18,22-23H,10-11,13-14H2. The van der Waals surface area contributed by atoms with Crippen molar-refractivity contribution in [3.8, 4) is 0 Å². The zero-order chi connectivity index (χ0) is 16.1. The monoisotopic (exact) mass is 328 g/mol. The fourth-order valence-corrected chi connectivity index (χ4v) is 3.44. The maximum absolute atomic E-state index is 10.1. The molecule has 3 nitrogen and oxygen atoms in total. The third kappa shape index (κ3) is 3.47. The van der Waals surface area contributed by atoms with Crippen molar-refractivity contribution in [2.75, 3.05) is 6.61 Å². The lowest BCUT2D eigenvalue weighted by Crippen LogP contribution is -2.39. The molecule has 1 atom stereocenters. The number of allylic oxidation sites excluding steroid dienone is 2. The van der Waals surface area contributed by atoms with Crippen LogP contribution in [0.25, 0.3) is 0 Å². The highest BCUT2D eigenvalue weighted by atomic mass is 35.5. The topological polar surface area (TPSA) is 45.1 Å². The first-order valence-corrected chi connectivity index (χ1v) is 8.26. The summed E-state index contributed by atoms with van der Waals surface area (Å²) >= 11 is 6.22. The minimum Gasteiger partial charge on any atom is -0.396 e. The molecule has 1 unspecified atom stereocenters. The molecule has 0 saturated carbocycles. The van der Waals surface area contributed by atoms with Crippen molar-refractivity contribution in [1.82, 2.24) is 10.3 Å². The largest absolute Gasteiger partial charge is 0.396 e. The molecule has 3 rings (SSSR count). The second kappa shape index (κ2) is 7.26. The van der Waals surface area contributed by atoms with Crippen molar-refractivity contribution in [2.45, 2.75) is 25.4 Å². The van der Waals surface area contributed by atoms with E-state index in [1.165, 1.54) is 5.56 Å². The first-order valence-electron chi connectivity index (χ1n) is 7.89. The van der Waals surface area contributed by atoms with Gasteiger partial charge in [0, 0.05) is 24.2 Å². The Hall–Kier alpha value is -1.68. The quantitative estimate of drug-likeness (QED) is 0.791. The van der Waals surface area contributed by atoms with Gasteiger partial charge in [0.1, 0.15) is 0 Å². The van der Waals surface area contributed by atoms with E-state index in [2.05, 4.69) is 34.6 Å². The van der Waals surface area contributed by atoms with Gasteiger partial charge in [0.15, 0.2) is 0 Å². The summed E-state index contributed by atoms with van der Waals surface area (Å²) in [5.74, 6) is 0. The van der Waals surface area contributed by atoms with Crippen molar-refractivity contribution >= 4 is 11.6 Å². The first-order chi connectivity index (χ1) is 11.2. The molecule has 0 fully saturated rings. The number of aliphatic hydroxyl groups excluding tert-OH is 1. The molecular weight excluding hydrogens is 308 g/mol. The molecule has 4 heteroatoms. The normalized spacial score (nSPS) is 17.3. The zero-order valence-corrected chi connectivity index (χ0v) is 13.7. The fourth-order valence-electron chi connectivity index (χ4n) is 3.26. The van der Waals surface area contributed by atoms with Gasteiger partial charge in [0.25, 0.3) is 0 Å². The van der Waals surface area contributed by atoms with Crippen LogP contribution < -0.4 is 5.32 Å². The van der Waals surface area contributed by atoms with Crippen molar-refractivity contribution in [3.63, 3.8) is 0 Å². The summed E-state index contributed by atoms with van der Waals surface area (Å²) in [5.41, 5.74) is 1.80. The number of pyridine rings is 1. The van der Waals surface area contributed by atoms with Crippen LogP contribution in [0, 0.1) is 5.41 Å². The highest BCUT2D eigenvalue weighted by Gasteiger charge is 2.39. The predicted octanol–water partition coefficient (Wildman–Crippen LogP) is 3.89. The van der Waals surface area contributed by atoms with Gasteiger partial charge in [-0.3, -0.25) is 4.98 Å². The number of nitrogens with one attached hydrogen (secondary N) is 1. The second-order valence-electron chi connectivity index (χ2n) is 6.06. The summed E-state index contributed by atoms with van der Waals surface area (Å²) < 4.78 is 0. The average Bonchev–Trinajstić information content (AvgIpc) is 3.08. The maximum Gasteiger partial charge on any atom is 0.0727 e. The molecule has 0 aliphatic heterocycles. The molecule has 1 aliphatic carbocycles. The van der Waals surface area contributed by atoms with Crippen molar-refractivity contribution in [1.29, 1.82) is 0 Å². The lowest BCUT2D eigenvalue weighted by atomic mass is 9.75. The number of benzene rings is 1. The maximum atomic E-state index is 10.1. The molecule has 2 N–H and O–H groups in total. The van der Waals surface area contributed by atoms with E-state index < -0.39 is 0 Å².